The molecule has 3 N–H and O–H groups in total. The Morgan fingerprint density at radius 2 is 1.93 bits per heavy atom. The van der Waals surface area contributed by atoms with Gasteiger partial charge in [0.05, 0.1) is 6.54 Å². The SMILES string of the molecule is Cc1ccc(C)c(Cn2nnc(C(=O)NCc3ccc(Cl)cc3Cl)c2N)c1. The molecule has 0 saturated heterocycles. The molecule has 140 valence electrons. The average Bonchev–Trinajstić information content (AvgIpc) is 2.98. The highest BCUT2D eigenvalue weighted by molar-refractivity contribution is 6.35. The summed E-state index contributed by atoms with van der Waals surface area (Å²) in [5, 5.41) is 11.7. The number of nitrogens with zero attached hydrogens (tertiary/aromatic N) is 3. The molecule has 0 atom stereocenters. The number of benzene rings is 2. The van der Waals surface area contributed by atoms with Crippen molar-refractivity contribution >= 4 is 34.9 Å². The summed E-state index contributed by atoms with van der Waals surface area (Å²) in [4.78, 5) is 12.4. The summed E-state index contributed by atoms with van der Waals surface area (Å²) in [6.07, 6.45) is 0. The number of anilines is 1. The zero-order valence-corrected chi connectivity index (χ0v) is 16.5. The molecule has 0 aliphatic heterocycles. The van der Waals surface area contributed by atoms with Crippen molar-refractivity contribution in [1.29, 1.82) is 0 Å². The monoisotopic (exact) mass is 403 g/mol. The van der Waals surface area contributed by atoms with E-state index in [9.17, 15) is 4.79 Å². The first kappa shape index (κ1) is 19.2. The Morgan fingerprint density at radius 3 is 2.67 bits per heavy atom. The lowest BCUT2D eigenvalue weighted by molar-refractivity contribution is 0.0947. The number of nitrogens with one attached hydrogen (secondary N) is 1. The molecule has 1 amide bonds. The van der Waals surface area contributed by atoms with Crippen LogP contribution >= 0.6 is 23.2 Å². The molecule has 0 radical (unpaired) electrons. The normalized spacial score (nSPS) is 10.8. The van der Waals surface area contributed by atoms with Crippen molar-refractivity contribution in [3.05, 3.63) is 74.4 Å². The number of hydrogen-bond donors (Lipinski definition) is 2. The smallest absolute Gasteiger partial charge is 0.275 e. The second kappa shape index (κ2) is 7.98. The topological polar surface area (TPSA) is 85.8 Å². The molecular formula is C19H19Cl2N5O. The summed E-state index contributed by atoms with van der Waals surface area (Å²) in [7, 11) is 0. The van der Waals surface area contributed by atoms with Gasteiger partial charge in [-0.05, 0) is 42.7 Å². The molecular weight excluding hydrogens is 385 g/mol. The van der Waals surface area contributed by atoms with E-state index in [0.717, 1.165) is 22.3 Å². The molecule has 0 bridgehead atoms. The van der Waals surface area contributed by atoms with Crippen molar-refractivity contribution in [1.82, 2.24) is 20.3 Å². The van der Waals surface area contributed by atoms with Gasteiger partial charge >= 0.3 is 0 Å². The molecule has 27 heavy (non-hydrogen) atoms. The highest BCUT2D eigenvalue weighted by atomic mass is 35.5. The van der Waals surface area contributed by atoms with E-state index in [2.05, 4.69) is 21.7 Å². The van der Waals surface area contributed by atoms with Crippen molar-refractivity contribution in [3.8, 4) is 0 Å². The highest BCUT2D eigenvalue weighted by Crippen LogP contribution is 2.21. The van der Waals surface area contributed by atoms with E-state index in [0.29, 0.717) is 16.6 Å². The van der Waals surface area contributed by atoms with Crippen LogP contribution in [0.3, 0.4) is 0 Å². The minimum absolute atomic E-state index is 0.0883. The third-order valence-electron chi connectivity index (χ3n) is 4.27. The van der Waals surface area contributed by atoms with E-state index in [1.54, 1.807) is 18.2 Å². The number of carbonyl (C=O) groups excluding carboxylic acids is 1. The quantitative estimate of drug-likeness (QED) is 0.678. The molecule has 3 aromatic rings. The third-order valence-corrected chi connectivity index (χ3v) is 4.85. The fraction of sp³-hybridized carbons (Fsp3) is 0.211. The van der Waals surface area contributed by atoms with Crippen molar-refractivity contribution < 1.29 is 4.79 Å². The van der Waals surface area contributed by atoms with Gasteiger partial charge in [-0.3, -0.25) is 4.79 Å². The molecule has 8 heteroatoms. The minimum atomic E-state index is -0.411. The number of halogens is 2. The maximum Gasteiger partial charge on any atom is 0.275 e. The number of hydrogen-bond acceptors (Lipinski definition) is 4. The van der Waals surface area contributed by atoms with E-state index < -0.39 is 5.91 Å². The summed E-state index contributed by atoms with van der Waals surface area (Å²) in [5.74, 6) is -0.193. The molecule has 1 aromatic heterocycles. The van der Waals surface area contributed by atoms with Gasteiger partial charge in [-0.15, -0.1) is 5.10 Å². The van der Waals surface area contributed by atoms with Gasteiger partial charge in [0.2, 0.25) is 0 Å². The number of rotatable bonds is 5. The first-order valence-electron chi connectivity index (χ1n) is 8.32. The molecule has 6 nitrogen and oxygen atoms in total. The number of carbonyl (C=O) groups is 1. The standard InChI is InChI=1S/C19H19Cl2N5O/c1-11-3-4-12(2)14(7-11)10-26-18(22)17(24-25-26)19(27)23-9-13-5-6-15(20)8-16(13)21/h3-8H,9-10,22H2,1-2H3,(H,23,27). The summed E-state index contributed by atoms with van der Waals surface area (Å²) in [6.45, 7) is 4.72. The van der Waals surface area contributed by atoms with Crippen LogP contribution in [0.15, 0.2) is 36.4 Å². The molecule has 0 saturated carbocycles. The Kier molecular flexibility index (Phi) is 5.68. The van der Waals surface area contributed by atoms with Crippen LogP contribution in [0.5, 0.6) is 0 Å². The molecule has 1 heterocycles. The number of aromatic nitrogens is 3. The summed E-state index contributed by atoms with van der Waals surface area (Å²) in [6, 6.07) is 11.2. The predicted octanol–water partition coefficient (Wildman–Crippen LogP) is 3.76. The molecule has 0 spiro atoms. The van der Waals surface area contributed by atoms with Crippen LogP contribution in [-0.4, -0.2) is 20.9 Å². The van der Waals surface area contributed by atoms with E-state index in [1.165, 1.54) is 4.68 Å². The lowest BCUT2D eigenvalue weighted by atomic mass is 10.1. The second-order valence-electron chi connectivity index (χ2n) is 6.33. The van der Waals surface area contributed by atoms with Crippen molar-refractivity contribution in [2.24, 2.45) is 0 Å². The summed E-state index contributed by atoms with van der Waals surface area (Å²) < 4.78 is 1.52. The van der Waals surface area contributed by atoms with Gasteiger partial charge in [0.1, 0.15) is 0 Å². The number of aryl methyl sites for hydroxylation is 2. The van der Waals surface area contributed by atoms with Crippen LogP contribution < -0.4 is 11.1 Å². The van der Waals surface area contributed by atoms with Gasteiger partial charge in [0, 0.05) is 16.6 Å². The molecule has 0 aliphatic rings. The predicted molar refractivity (Wildman–Crippen MR) is 107 cm³/mol. The van der Waals surface area contributed by atoms with Gasteiger partial charge in [-0.1, -0.05) is 58.2 Å². The van der Waals surface area contributed by atoms with Crippen LogP contribution in [0.2, 0.25) is 10.0 Å². The van der Waals surface area contributed by atoms with Gasteiger partial charge < -0.3 is 11.1 Å². The van der Waals surface area contributed by atoms with Gasteiger partial charge in [0.25, 0.3) is 5.91 Å². The third kappa shape index (κ3) is 4.40. The van der Waals surface area contributed by atoms with Gasteiger partial charge in [-0.2, -0.15) is 0 Å². The molecule has 2 aromatic carbocycles. The minimum Gasteiger partial charge on any atom is -0.382 e. The largest absolute Gasteiger partial charge is 0.382 e. The van der Waals surface area contributed by atoms with Gasteiger partial charge in [-0.25, -0.2) is 4.68 Å². The first-order valence-corrected chi connectivity index (χ1v) is 9.08. The maximum absolute atomic E-state index is 12.4. The summed E-state index contributed by atoms with van der Waals surface area (Å²) in [5.41, 5.74) is 10.3. The Labute approximate surface area is 167 Å². The average molecular weight is 404 g/mol. The molecule has 0 aliphatic carbocycles. The first-order chi connectivity index (χ1) is 12.8. The Hall–Kier alpha value is -2.57. The van der Waals surface area contributed by atoms with E-state index in [1.807, 2.05) is 26.0 Å². The van der Waals surface area contributed by atoms with Crippen molar-refractivity contribution in [2.75, 3.05) is 5.73 Å². The number of amides is 1. The van der Waals surface area contributed by atoms with E-state index in [-0.39, 0.29) is 18.1 Å². The fourth-order valence-electron chi connectivity index (χ4n) is 2.66. The Morgan fingerprint density at radius 1 is 1.15 bits per heavy atom. The highest BCUT2D eigenvalue weighted by Gasteiger charge is 2.18. The van der Waals surface area contributed by atoms with E-state index in [4.69, 9.17) is 28.9 Å². The Bertz CT molecular complexity index is 1000. The summed E-state index contributed by atoms with van der Waals surface area (Å²) >= 11 is 12.0. The van der Waals surface area contributed by atoms with Crippen LogP contribution in [0.4, 0.5) is 5.82 Å². The number of nitrogens with two attached hydrogens (primary N) is 1. The van der Waals surface area contributed by atoms with E-state index >= 15 is 0 Å². The zero-order valence-electron chi connectivity index (χ0n) is 15.0. The fourth-order valence-corrected chi connectivity index (χ4v) is 3.13. The van der Waals surface area contributed by atoms with Crippen LogP contribution in [0.1, 0.15) is 32.7 Å². The van der Waals surface area contributed by atoms with Gasteiger partial charge in [0.15, 0.2) is 11.5 Å². The zero-order chi connectivity index (χ0) is 19.6. The lowest BCUT2D eigenvalue weighted by Gasteiger charge is -2.09. The van der Waals surface area contributed by atoms with Crippen LogP contribution in [-0.2, 0) is 13.1 Å². The Balaban J connectivity index is 1.72. The van der Waals surface area contributed by atoms with Crippen molar-refractivity contribution in [3.63, 3.8) is 0 Å². The molecule has 0 fully saturated rings. The molecule has 0 unspecified atom stereocenters. The van der Waals surface area contributed by atoms with Crippen LogP contribution in [0.25, 0.3) is 0 Å². The lowest BCUT2D eigenvalue weighted by Crippen LogP contribution is -2.24. The van der Waals surface area contributed by atoms with Crippen LogP contribution in [0, 0.1) is 13.8 Å². The van der Waals surface area contributed by atoms with Crippen molar-refractivity contribution in [2.45, 2.75) is 26.9 Å². The second-order valence-corrected chi connectivity index (χ2v) is 7.17. The number of nitrogen functional groups attached to an aromatic ring is 1. The molecule has 3 rings (SSSR count). The maximum atomic E-state index is 12.4.